The quantitative estimate of drug-likeness (QED) is 0.497. The highest BCUT2D eigenvalue weighted by atomic mass is 32.2. The first-order valence-corrected chi connectivity index (χ1v) is 12.7. The van der Waals surface area contributed by atoms with Crippen LogP contribution in [-0.4, -0.2) is 74.7 Å². The molecule has 3 aromatic rings. The number of nitrogens with zero attached hydrogens (tertiary/aromatic N) is 4. The molecule has 0 unspecified atom stereocenters. The standard InChI is InChI=1S/C21H26FN5O3S2/c1-15-19(32(28,29)23-8-3-9-27-12-10-26(2)11-13-27)14-18(31-15)21-24-20(25-30-21)16-4-6-17(22)7-5-16/h4-7,14,23H,3,8-13H2,1-2H3. The summed E-state index contributed by atoms with van der Waals surface area (Å²) in [6.07, 6.45) is 0.754. The van der Waals surface area contributed by atoms with E-state index in [9.17, 15) is 12.8 Å². The largest absolute Gasteiger partial charge is 0.333 e. The number of hydrogen-bond acceptors (Lipinski definition) is 8. The van der Waals surface area contributed by atoms with Crippen LogP contribution in [0.15, 0.2) is 39.8 Å². The molecule has 1 aliphatic rings. The maximum atomic E-state index is 13.1. The molecule has 1 aromatic carbocycles. The Labute approximate surface area is 191 Å². The van der Waals surface area contributed by atoms with Gasteiger partial charge >= 0.3 is 0 Å². The fourth-order valence-corrected chi connectivity index (χ4v) is 6.12. The van der Waals surface area contributed by atoms with E-state index in [1.54, 1.807) is 25.1 Å². The molecule has 0 saturated carbocycles. The lowest BCUT2D eigenvalue weighted by Crippen LogP contribution is -2.45. The van der Waals surface area contributed by atoms with Crippen LogP contribution in [0.25, 0.3) is 22.2 Å². The molecule has 1 saturated heterocycles. The van der Waals surface area contributed by atoms with Crippen molar-refractivity contribution in [1.29, 1.82) is 0 Å². The minimum Gasteiger partial charge on any atom is -0.333 e. The van der Waals surface area contributed by atoms with Crippen LogP contribution >= 0.6 is 11.3 Å². The lowest BCUT2D eigenvalue weighted by molar-refractivity contribution is 0.153. The summed E-state index contributed by atoms with van der Waals surface area (Å²) in [5.74, 6) is 0.198. The van der Waals surface area contributed by atoms with E-state index in [1.807, 2.05) is 0 Å². The Kier molecular flexibility index (Phi) is 7.01. The lowest BCUT2D eigenvalue weighted by atomic mass is 10.2. The topological polar surface area (TPSA) is 91.6 Å². The number of halogens is 1. The molecule has 0 amide bonds. The van der Waals surface area contributed by atoms with Crippen molar-refractivity contribution in [2.45, 2.75) is 18.2 Å². The van der Waals surface area contributed by atoms with Crippen molar-refractivity contribution >= 4 is 21.4 Å². The molecule has 172 valence electrons. The van der Waals surface area contributed by atoms with Crippen molar-refractivity contribution in [2.75, 3.05) is 46.3 Å². The van der Waals surface area contributed by atoms with Gasteiger partial charge in [0.25, 0.3) is 5.89 Å². The molecule has 0 spiro atoms. The van der Waals surface area contributed by atoms with E-state index < -0.39 is 10.0 Å². The van der Waals surface area contributed by atoms with Crippen molar-refractivity contribution in [2.24, 2.45) is 0 Å². The van der Waals surface area contributed by atoms with Gasteiger partial charge in [-0.15, -0.1) is 11.3 Å². The zero-order chi connectivity index (χ0) is 22.7. The normalized spacial score (nSPS) is 16.0. The Morgan fingerprint density at radius 1 is 1.19 bits per heavy atom. The van der Waals surface area contributed by atoms with Gasteiger partial charge in [0.15, 0.2) is 0 Å². The highest BCUT2D eigenvalue weighted by Gasteiger charge is 2.23. The van der Waals surface area contributed by atoms with Crippen LogP contribution in [0.3, 0.4) is 0 Å². The molecular formula is C21H26FN5O3S2. The molecule has 32 heavy (non-hydrogen) atoms. The van der Waals surface area contributed by atoms with Crippen molar-refractivity contribution < 1.29 is 17.3 Å². The highest BCUT2D eigenvalue weighted by molar-refractivity contribution is 7.89. The number of sulfonamides is 1. The molecule has 1 aliphatic heterocycles. The van der Waals surface area contributed by atoms with Crippen molar-refractivity contribution in [3.05, 3.63) is 41.0 Å². The summed E-state index contributed by atoms with van der Waals surface area (Å²) >= 11 is 1.28. The van der Waals surface area contributed by atoms with E-state index in [-0.39, 0.29) is 16.6 Å². The Bertz CT molecular complexity index is 1150. The Morgan fingerprint density at radius 3 is 2.62 bits per heavy atom. The maximum Gasteiger partial charge on any atom is 0.268 e. The van der Waals surface area contributed by atoms with Gasteiger partial charge in [0.1, 0.15) is 5.82 Å². The summed E-state index contributed by atoms with van der Waals surface area (Å²) in [6, 6.07) is 7.32. The Hall–Kier alpha value is -2.18. The second-order valence-corrected chi connectivity index (χ2v) is 10.8. The van der Waals surface area contributed by atoms with Crippen LogP contribution < -0.4 is 4.72 Å². The fourth-order valence-electron chi connectivity index (χ4n) is 3.54. The third-order valence-corrected chi connectivity index (χ3v) is 8.20. The fraction of sp³-hybridized carbons (Fsp3) is 0.429. The molecule has 4 rings (SSSR count). The predicted octanol–water partition coefficient (Wildman–Crippen LogP) is 2.83. The monoisotopic (exact) mass is 479 g/mol. The van der Waals surface area contributed by atoms with Crippen molar-refractivity contribution in [1.82, 2.24) is 24.7 Å². The smallest absolute Gasteiger partial charge is 0.268 e. The zero-order valence-corrected chi connectivity index (χ0v) is 19.7. The SMILES string of the molecule is Cc1sc(-c2nc(-c3ccc(F)cc3)no2)cc1S(=O)(=O)NCCCN1CCN(C)CC1. The molecule has 1 fully saturated rings. The van der Waals surface area contributed by atoms with E-state index in [0.29, 0.717) is 27.7 Å². The van der Waals surface area contributed by atoms with Gasteiger partial charge in [0.2, 0.25) is 15.8 Å². The molecule has 0 bridgehead atoms. The van der Waals surface area contributed by atoms with E-state index >= 15 is 0 Å². The van der Waals surface area contributed by atoms with E-state index in [1.165, 1.54) is 23.5 Å². The summed E-state index contributed by atoms with van der Waals surface area (Å²) in [6.45, 7) is 7.13. The summed E-state index contributed by atoms with van der Waals surface area (Å²) in [5, 5.41) is 3.93. The number of aryl methyl sites for hydroxylation is 1. The van der Waals surface area contributed by atoms with Gasteiger partial charge in [0, 0.05) is 43.2 Å². The number of nitrogens with one attached hydrogen (secondary N) is 1. The van der Waals surface area contributed by atoms with Crippen molar-refractivity contribution in [3.8, 4) is 22.2 Å². The van der Waals surface area contributed by atoms with Gasteiger partial charge in [-0.3, -0.25) is 0 Å². The van der Waals surface area contributed by atoms with Gasteiger partial charge in [-0.2, -0.15) is 4.98 Å². The molecular weight excluding hydrogens is 453 g/mol. The summed E-state index contributed by atoms with van der Waals surface area (Å²) in [7, 11) is -1.53. The molecule has 0 atom stereocenters. The molecule has 11 heteroatoms. The second-order valence-electron chi connectivity index (χ2n) is 7.86. The first-order valence-electron chi connectivity index (χ1n) is 10.4. The summed E-state index contributed by atoms with van der Waals surface area (Å²) in [5.41, 5.74) is 0.615. The molecule has 1 N–H and O–H groups in total. The predicted molar refractivity (Wildman–Crippen MR) is 121 cm³/mol. The van der Waals surface area contributed by atoms with Gasteiger partial charge in [-0.25, -0.2) is 17.5 Å². The van der Waals surface area contributed by atoms with Crippen LogP contribution in [0.5, 0.6) is 0 Å². The number of benzene rings is 1. The zero-order valence-electron chi connectivity index (χ0n) is 18.0. The van der Waals surface area contributed by atoms with Crippen molar-refractivity contribution in [3.63, 3.8) is 0 Å². The third kappa shape index (κ3) is 5.41. The van der Waals surface area contributed by atoms with Crippen LogP contribution in [0.1, 0.15) is 11.3 Å². The van der Waals surface area contributed by atoms with E-state index in [2.05, 4.69) is 31.7 Å². The molecule has 3 heterocycles. The maximum absolute atomic E-state index is 13.1. The average Bonchev–Trinajstić information content (AvgIpc) is 3.40. The number of rotatable bonds is 8. The molecule has 0 radical (unpaired) electrons. The number of likely N-dealkylation sites (N-methyl/N-ethyl adjacent to an activating group) is 1. The summed E-state index contributed by atoms with van der Waals surface area (Å²) in [4.78, 5) is 10.4. The molecule has 2 aromatic heterocycles. The van der Waals surface area contributed by atoms with Gasteiger partial charge in [0.05, 0.1) is 9.77 Å². The number of piperazine rings is 1. The number of hydrogen-bond donors (Lipinski definition) is 1. The van der Waals surface area contributed by atoms with E-state index in [0.717, 1.165) is 39.1 Å². The van der Waals surface area contributed by atoms with Gasteiger partial charge < -0.3 is 14.3 Å². The Morgan fingerprint density at radius 2 is 1.91 bits per heavy atom. The first kappa shape index (κ1) is 23.0. The van der Waals surface area contributed by atoms with Crippen LogP contribution in [0.2, 0.25) is 0 Å². The average molecular weight is 480 g/mol. The van der Waals surface area contributed by atoms with Gasteiger partial charge in [-0.05, 0) is 57.3 Å². The second kappa shape index (κ2) is 9.75. The van der Waals surface area contributed by atoms with Gasteiger partial charge in [-0.1, -0.05) is 5.16 Å². The highest BCUT2D eigenvalue weighted by Crippen LogP contribution is 2.33. The van der Waals surface area contributed by atoms with E-state index in [4.69, 9.17) is 4.52 Å². The minimum absolute atomic E-state index is 0.221. The minimum atomic E-state index is -3.64. The summed E-state index contributed by atoms with van der Waals surface area (Å²) < 4.78 is 46.8. The molecule has 8 nitrogen and oxygen atoms in total. The molecule has 0 aliphatic carbocycles. The van der Waals surface area contributed by atoms with Crippen LogP contribution in [0, 0.1) is 12.7 Å². The first-order chi connectivity index (χ1) is 15.3. The number of thiophene rings is 1. The lowest BCUT2D eigenvalue weighted by Gasteiger charge is -2.32. The van der Waals surface area contributed by atoms with Crippen LogP contribution in [-0.2, 0) is 10.0 Å². The Balaban J connectivity index is 1.38. The third-order valence-electron chi connectivity index (χ3n) is 5.44. The van der Waals surface area contributed by atoms with Crippen LogP contribution in [0.4, 0.5) is 4.39 Å². The number of aromatic nitrogens is 2.